The fourth-order valence-corrected chi connectivity index (χ4v) is 2.57. The van der Waals surface area contributed by atoms with E-state index in [1.807, 2.05) is 0 Å². The van der Waals surface area contributed by atoms with Gasteiger partial charge in [-0.05, 0) is 12.1 Å². The fourth-order valence-electron chi connectivity index (χ4n) is 1.33. The summed E-state index contributed by atoms with van der Waals surface area (Å²) in [5.74, 6) is -0.258. The van der Waals surface area contributed by atoms with Crippen LogP contribution in [0.25, 0.3) is 6.08 Å². The van der Waals surface area contributed by atoms with Gasteiger partial charge >= 0.3 is 5.97 Å². The van der Waals surface area contributed by atoms with Gasteiger partial charge in [-0.15, -0.1) is 0 Å². The van der Waals surface area contributed by atoms with Crippen LogP contribution in [0.2, 0.25) is 0 Å². The van der Waals surface area contributed by atoms with Crippen molar-refractivity contribution in [3.8, 4) is 0 Å². The number of carbonyl (C=O) groups is 2. The van der Waals surface area contributed by atoms with Crippen LogP contribution < -0.4 is 0 Å². The maximum atomic E-state index is 12.0. The standard InChI is InChI=1S/C11H9NO4S2/c1-15-9(13)6-12-10(14)8(18-11(12)17)5-7-3-2-4-16-7/h2-5H,6H2,1H3/b8-5-. The Morgan fingerprint density at radius 3 is 3.06 bits per heavy atom. The summed E-state index contributed by atoms with van der Waals surface area (Å²) in [6, 6.07) is 3.45. The molecule has 1 aliphatic rings. The summed E-state index contributed by atoms with van der Waals surface area (Å²) in [6.07, 6.45) is 3.11. The van der Waals surface area contributed by atoms with E-state index in [2.05, 4.69) is 4.74 Å². The number of nitrogens with zero attached hydrogens (tertiary/aromatic N) is 1. The summed E-state index contributed by atoms with van der Waals surface area (Å²) in [5, 5.41) is 0. The number of esters is 1. The number of carbonyl (C=O) groups excluding carboxylic acids is 2. The molecule has 7 heteroatoms. The molecule has 5 nitrogen and oxygen atoms in total. The predicted molar refractivity (Wildman–Crippen MR) is 70.6 cm³/mol. The Bertz CT molecular complexity index is 521. The van der Waals surface area contributed by atoms with Gasteiger partial charge in [-0.2, -0.15) is 0 Å². The largest absolute Gasteiger partial charge is 0.468 e. The number of thiocarbonyl (C=S) groups is 1. The van der Waals surface area contributed by atoms with E-state index in [1.54, 1.807) is 18.2 Å². The van der Waals surface area contributed by atoms with Crippen molar-refractivity contribution in [3.05, 3.63) is 29.1 Å². The maximum Gasteiger partial charge on any atom is 0.325 e. The lowest BCUT2D eigenvalue weighted by atomic mass is 10.3. The van der Waals surface area contributed by atoms with Crippen LogP contribution in [0, 0.1) is 0 Å². The summed E-state index contributed by atoms with van der Waals surface area (Å²) in [7, 11) is 1.26. The van der Waals surface area contributed by atoms with Gasteiger partial charge in [0.1, 0.15) is 16.6 Å². The van der Waals surface area contributed by atoms with Gasteiger partial charge in [-0.25, -0.2) is 0 Å². The average molecular weight is 283 g/mol. The zero-order valence-electron chi connectivity index (χ0n) is 9.41. The molecule has 2 rings (SSSR count). The van der Waals surface area contributed by atoms with E-state index < -0.39 is 5.97 Å². The number of ether oxygens (including phenoxy) is 1. The highest BCUT2D eigenvalue weighted by atomic mass is 32.2. The average Bonchev–Trinajstić information content (AvgIpc) is 2.94. The first kappa shape index (κ1) is 12.8. The zero-order valence-corrected chi connectivity index (χ0v) is 11.0. The second-order valence-corrected chi connectivity index (χ2v) is 5.04. The van der Waals surface area contributed by atoms with Gasteiger partial charge in [-0.1, -0.05) is 24.0 Å². The Kier molecular flexibility index (Phi) is 3.83. The van der Waals surface area contributed by atoms with Crippen molar-refractivity contribution in [3.63, 3.8) is 0 Å². The van der Waals surface area contributed by atoms with Crippen LogP contribution in [0.5, 0.6) is 0 Å². The van der Waals surface area contributed by atoms with Crippen molar-refractivity contribution in [1.29, 1.82) is 0 Å². The molecule has 0 spiro atoms. The van der Waals surface area contributed by atoms with E-state index in [-0.39, 0.29) is 12.5 Å². The number of amides is 1. The molecule has 94 valence electrons. The minimum Gasteiger partial charge on any atom is -0.468 e. The fraction of sp³-hybridized carbons (Fsp3) is 0.182. The van der Waals surface area contributed by atoms with Crippen LogP contribution in [-0.4, -0.2) is 34.8 Å². The molecule has 0 aliphatic carbocycles. The van der Waals surface area contributed by atoms with Crippen molar-refractivity contribution in [2.75, 3.05) is 13.7 Å². The van der Waals surface area contributed by atoms with Crippen molar-refractivity contribution < 1.29 is 18.7 Å². The lowest BCUT2D eigenvalue weighted by molar-refractivity contribution is -0.143. The van der Waals surface area contributed by atoms with Crippen LogP contribution in [0.15, 0.2) is 27.7 Å². The maximum absolute atomic E-state index is 12.0. The number of methoxy groups -OCH3 is 1. The zero-order chi connectivity index (χ0) is 13.1. The third-order valence-corrected chi connectivity index (χ3v) is 3.58. The minimum atomic E-state index is -0.509. The molecule has 0 radical (unpaired) electrons. The molecule has 1 amide bonds. The second kappa shape index (κ2) is 5.36. The molecule has 0 saturated carbocycles. The van der Waals surface area contributed by atoms with Crippen LogP contribution in [0.1, 0.15) is 5.76 Å². The Morgan fingerprint density at radius 2 is 2.44 bits per heavy atom. The van der Waals surface area contributed by atoms with Crippen molar-refractivity contribution in [2.45, 2.75) is 0 Å². The SMILES string of the molecule is COC(=O)CN1C(=O)/C(=C/c2ccco2)SC1=S. The number of hydrogen-bond donors (Lipinski definition) is 0. The van der Waals surface area contributed by atoms with Gasteiger partial charge in [0.15, 0.2) is 0 Å². The van der Waals surface area contributed by atoms with Crippen LogP contribution in [0.4, 0.5) is 0 Å². The first-order chi connectivity index (χ1) is 8.61. The molecule has 0 atom stereocenters. The van der Waals surface area contributed by atoms with Gasteiger partial charge in [0.25, 0.3) is 5.91 Å². The molecule has 0 unspecified atom stereocenters. The lowest BCUT2D eigenvalue weighted by Gasteiger charge is -2.11. The normalized spacial score (nSPS) is 17.6. The first-order valence-electron chi connectivity index (χ1n) is 4.97. The molecular formula is C11H9NO4S2. The number of hydrogen-bond acceptors (Lipinski definition) is 6. The summed E-state index contributed by atoms with van der Waals surface area (Å²) >= 11 is 6.18. The Labute approximate surface area is 113 Å². The van der Waals surface area contributed by atoms with Gasteiger partial charge in [0, 0.05) is 6.08 Å². The number of rotatable bonds is 3. The third-order valence-electron chi connectivity index (χ3n) is 2.21. The van der Waals surface area contributed by atoms with E-state index in [9.17, 15) is 9.59 Å². The van der Waals surface area contributed by atoms with E-state index >= 15 is 0 Å². The Morgan fingerprint density at radius 1 is 1.67 bits per heavy atom. The third kappa shape index (κ3) is 2.62. The van der Waals surface area contributed by atoms with Gasteiger partial charge < -0.3 is 9.15 Å². The molecule has 1 aliphatic heterocycles. The molecule has 1 saturated heterocycles. The molecule has 2 heterocycles. The summed E-state index contributed by atoms with van der Waals surface area (Å²) in [5.41, 5.74) is 0. The molecule has 1 fully saturated rings. The van der Waals surface area contributed by atoms with Gasteiger partial charge in [-0.3, -0.25) is 14.5 Å². The first-order valence-corrected chi connectivity index (χ1v) is 6.20. The molecular weight excluding hydrogens is 274 g/mol. The molecule has 1 aromatic rings. The number of thioether (sulfide) groups is 1. The van der Waals surface area contributed by atoms with E-state index in [4.69, 9.17) is 16.6 Å². The van der Waals surface area contributed by atoms with Crippen LogP contribution in [-0.2, 0) is 14.3 Å². The highest BCUT2D eigenvalue weighted by Gasteiger charge is 2.33. The Hall–Kier alpha value is -1.60. The lowest BCUT2D eigenvalue weighted by Crippen LogP contribution is -2.33. The molecule has 0 aromatic carbocycles. The number of furan rings is 1. The Balaban J connectivity index is 2.16. The van der Waals surface area contributed by atoms with Crippen LogP contribution >= 0.6 is 24.0 Å². The quantitative estimate of drug-likeness (QED) is 0.477. The highest BCUT2D eigenvalue weighted by Crippen LogP contribution is 2.32. The molecule has 18 heavy (non-hydrogen) atoms. The minimum absolute atomic E-state index is 0.170. The van der Waals surface area contributed by atoms with E-state index in [1.165, 1.54) is 18.3 Å². The monoisotopic (exact) mass is 283 g/mol. The predicted octanol–water partition coefficient (Wildman–Crippen LogP) is 1.65. The summed E-state index contributed by atoms with van der Waals surface area (Å²) in [4.78, 5) is 24.8. The van der Waals surface area contributed by atoms with Gasteiger partial charge in [0.2, 0.25) is 0 Å². The molecule has 0 N–H and O–H groups in total. The molecule has 1 aromatic heterocycles. The van der Waals surface area contributed by atoms with Crippen molar-refractivity contribution in [2.24, 2.45) is 0 Å². The van der Waals surface area contributed by atoms with E-state index in [0.717, 1.165) is 11.8 Å². The smallest absolute Gasteiger partial charge is 0.325 e. The van der Waals surface area contributed by atoms with Gasteiger partial charge in [0.05, 0.1) is 18.3 Å². The topological polar surface area (TPSA) is 59.8 Å². The molecule has 0 bridgehead atoms. The van der Waals surface area contributed by atoms with Crippen molar-refractivity contribution in [1.82, 2.24) is 4.90 Å². The van der Waals surface area contributed by atoms with Crippen molar-refractivity contribution >= 4 is 46.3 Å². The van der Waals surface area contributed by atoms with Crippen LogP contribution in [0.3, 0.4) is 0 Å². The highest BCUT2D eigenvalue weighted by molar-refractivity contribution is 8.26. The van der Waals surface area contributed by atoms with E-state index in [0.29, 0.717) is 15.0 Å². The summed E-state index contributed by atoms with van der Waals surface area (Å²) in [6.45, 7) is -0.170. The second-order valence-electron chi connectivity index (χ2n) is 3.36. The summed E-state index contributed by atoms with van der Waals surface area (Å²) < 4.78 is 9.97.